The van der Waals surface area contributed by atoms with Crippen molar-refractivity contribution in [1.82, 2.24) is 5.16 Å². The topological polar surface area (TPSA) is 26.0 Å². The van der Waals surface area contributed by atoms with Gasteiger partial charge in [-0.15, -0.1) is 0 Å². The van der Waals surface area contributed by atoms with Crippen molar-refractivity contribution in [2.45, 2.75) is 51.5 Å². The molecule has 80 valence electrons. The van der Waals surface area contributed by atoms with Gasteiger partial charge in [0.25, 0.3) is 0 Å². The Hall–Kier alpha value is -0.440. The Kier molecular flexibility index (Phi) is 3.65. The van der Waals surface area contributed by atoms with Crippen LogP contribution in [-0.2, 0) is 5.75 Å². The Bertz CT molecular complexity index is 285. The van der Waals surface area contributed by atoms with E-state index >= 15 is 0 Å². The van der Waals surface area contributed by atoms with Crippen LogP contribution in [0.2, 0.25) is 0 Å². The van der Waals surface area contributed by atoms with Crippen molar-refractivity contribution in [3.05, 3.63) is 17.0 Å². The van der Waals surface area contributed by atoms with Gasteiger partial charge in [0.2, 0.25) is 0 Å². The van der Waals surface area contributed by atoms with E-state index in [-0.39, 0.29) is 0 Å². The third kappa shape index (κ3) is 2.77. The normalized spacial score (nSPS) is 12.1. The zero-order chi connectivity index (χ0) is 10.8. The van der Waals surface area contributed by atoms with E-state index in [9.17, 15) is 0 Å². The highest BCUT2D eigenvalue weighted by Crippen LogP contribution is 2.32. The van der Waals surface area contributed by atoms with Crippen molar-refractivity contribution < 1.29 is 4.52 Å². The fourth-order valence-electron chi connectivity index (χ4n) is 1.08. The van der Waals surface area contributed by atoms with Crippen molar-refractivity contribution in [3.63, 3.8) is 0 Å². The maximum atomic E-state index is 5.13. The molecule has 1 rings (SSSR count). The van der Waals surface area contributed by atoms with Crippen molar-refractivity contribution in [2.24, 2.45) is 0 Å². The van der Waals surface area contributed by atoms with Crippen LogP contribution in [0, 0.1) is 13.8 Å². The Morgan fingerprint density at radius 2 is 2.00 bits per heavy atom. The van der Waals surface area contributed by atoms with Crippen LogP contribution in [0.25, 0.3) is 0 Å². The second-order valence-electron chi connectivity index (χ2n) is 4.20. The molecule has 2 nitrogen and oxygen atoms in total. The van der Waals surface area contributed by atoms with Gasteiger partial charge in [0, 0.05) is 16.1 Å². The van der Waals surface area contributed by atoms with Crippen molar-refractivity contribution in [3.8, 4) is 0 Å². The minimum absolute atomic E-state index is 0.343. The first-order valence-electron chi connectivity index (χ1n) is 5.02. The molecule has 3 heteroatoms. The number of thioether (sulfide) groups is 1. The zero-order valence-corrected chi connectivity index (χ0v) is 10.5. The first-order chi connectivity index (χ1) is 6.46. The molecule has 1 heterocycles. The van der Waals surface area contributed by atoms with Gasteiger partial charge in [0.15, 0.2) is 0 Å². The molecule has 0 saturated heterocycles. The summed E-state index contributed by atoms with van der Waals surface area (Å²) in [6.45, 7) is 10.8. The Morgan fingerprint density at radius 3 is 2.43 bits per heavy atom. The molecule has 0 unspecified atom stereocenters. The number of nitrogens with zero attached hydrogens (tertiary/aromatic N) is 1. The molecule has 0 radical (unpaired) electrons. The summed E-state index contributed by atoms with van der Waals surface area (Å²) in [7, 11) is 0. The number of hydrogen-bond donors (Lipinski definition) is 0. The molecular weight excluding hydrogens is 194 g/mol. The van der Waals surface area contributed by atoms with Crippen LogP contribution >= 0.6 is 11.8 Å². The van der Waals surface area contributed by atoms with E-state index in [4.69, 9.17) is 4.52 Å². The van der Waals surface area contributed by atoms with Gasteiger partial charge < -0.3 is 4.52 Å². The van der Waals surface area contributed by atoms with E-state index < -0.39 is 0 Å². The monoisotopic (exact) mass is 213 g/mol. The predicted octanol–water partition coefficient (Wildman–Crippen LogP) is 3.71. The first-order valence-corrected chi connectivity index (χ1v) is 6.00. The molecule has 0 aliphatic heterocycles. The Labute approximate surface area is 90.4 Å². The van der Waals surface area contributed by atoms with E-state index in [0.717, 1.165) is 17.2 Å². The molecule has 0 aliphatic carbocycles. The lowest BCUT2D eigenvalue weighted by atomic mass is 10.1. The third-order valence-electron chi connectivity index (χ3n) is 2.64. The van der Waals surface area contributed by atoms with Crippen LogP contribution in [0.1, 0.15) is 44.2 Å². The molecule has 0 aromatic carbocycles. The van der Waals surface area contributed by atoms with Crippen molar-refractivity contribution in [2.75, 3.05) is 0 Å². The molecule has 1 aromatic heterocycles. The van der Waals surface area contributed by atoms with Crippen LogP contribution in [0.15, 0.2) is 4.52 Å². The second kappa shape index (κ2) is 4.39. The SMILES string of the molecule is CCC(C)(C)SCc1c(C)noc1C. The molecule has 0 fully saturated rings. The highest BCUT2D eigenvalue weighted by Gasteiger charge is 2.18. The number of hydrogen-bond acceptors (Lipinski definition) is 3. The number of aromatic nitrogens is 1. The molecule has 14 heavy (non-hydrogen) atoms. The van der Waals surface area contributed by atoms with Crippen LogP contribution in [-0.4, -0.2) is 9.90 Å². The molecular formula is C11H19NOS. The van der Waals surface area contributed by atoms with E-state index in [1.165, 1.54) is 12.0 Å². The summed E-state index contributed by atoms with van der Waals surface area (Å²) in [6, 6.07) is 0. The lowest BCUT2D eigenvalue weighted by molar-refractivity contribution is 0.392. The fourth-order valence-corrected chi connectivity index (χ4v) is 2.23. The Balaban J connectivity index is 2.62. The van der Waals surface area contributed by atoms with E-state index in [2.05, 4.69) is 25.9 Å². The zero-order valence-electron chi connectivity index (χ0n) is 9.68. The summed E-state index contributed by atoms with van der Waals surface area (Å²) in [5, 5.41) is 3.95. The maximum Gasteiger partial charge on any atom is 0.137 e. The molecule has 1 aromatic rings. The minimum atomic E-state index is 0.343. The van der Waals surface area contributed by atoms with Crippen LogP contribution in [0.3, 0.4) is 0 Å². The molecule has 0 saturated carbocycles. The highest BCUT2D eigenvalue weighted by molar-refractivity contribution is 7.99. The summed E-state index contributed by atoms with van der Waals surface area (Å²) in [5.41, 5.74) is 2.29. The summed E-state index contributed by atoms with van der Waals surface area (Å²) < 4.78 is 5.47. The van der Waals surface area contributed by atoms with Gasteiger partial charge in [0.05, 0.1) is 5.69 Å². The van der Waals surface area contributed by atoms with E-state index in [1.807, 2.05) is 25.6 Å². The second-order valence-corrected chi connectivity index (χ2v) is 5.89. The smallest absolute Gasteiger partial charge is 0.137 e. The standard InChI is InChI=1S/C11H19NOS/c1-6-11(4,5)14-7-10-8(2)12-13-9(10)3/h6-7H2,1-5H3. The van der Waals surface area contributed by atoms with Gasteiger partial charge in [-0.25, -0.2) is 0 Å². The fraction of sp³-hybridized carbons (Fsp3) is 0.727. The third-order valence-corrected chi connectivity index (χ3v) is 4.14. The molecule has 0 atom stereocenters. The quantitative estimate of drug-likeness (QED) is 0.762. The summed E-state index contributed by atoms with van der Waals surface area (Å²) in [5.74, 6) is 1.96. The largest absolute Gasteiger partial charge is 0.361 e. The van der Waals surface area contributed by atoms with Crippen LogP contribution < -0.4 is 0 Å². The predicted molar refractivity (Wildman–Crippen MR) is 61.6 cm³/mol. The van der Waals surface area contributed by atoms with Gasteiger partial charge >= 0.3 is 0 Å². The highest BCUT2D eigenvalue weighted by atomic mass is 32.2. The maximum absolute atomic E-state index is 5.13. The van der Waals surface area contributed by atoms with Crippen molar-refractivity contribution >= 4 is 11.8 Å². The average molecular weight is 213 g/mol. The molecule has 0 spiro atoms. The number of aryl methyl sites for hydroxylation is 2. The molecule has 0 amide bonds. The van der Waals surface area contributed by atoms with Gasteiger partial charge in [-0.3, -0.25) is 0 Å². The molecule has 0 bridgehead atoms. The van der Waals surface area contributed by atoms with E-state index in [1.54, 1.807) is 0 Å². The number of rotatable bonds is 4. The van der Waals surface area contributed by atoms with Gasteiger partial charge in [-0.1, -0.05) is 25.9 Å². The van der Waals surface area contributed by atoms with Gasteiger partial charge in [-0.2, -0.15) is 11.8 Å². The van der Waals surface area contributed by atoms with Crippen molar-refractivity contribution in [1.29, 1.82) is 0 Å². The lowest BCUT2D eigenvalue weighted by Crippen LogP contribution is -2.12. The summed E-state index contributed by atoms with van der Waals surface area (Å²) in [6.07, 6.45) is 1.18. The molecule has 0 aliphatic rings. The summed E-state index contributed by atoms with van der Waals surface area (Å²) >= 11 is 1.96. The van der Waals surface area contributed by atoms with E-state index in [0.29, 0.717) is 4.75 Å². The van der Waals surface area contributed by atoms with Gasteiger partial charge in [-0.05, 0) is 20.3 Å². The van der Waals surface area contributed by atoms with Crippen LogP contribution in [0.4, 0.5) is 0 Å². The van der Waals surface area contributed by atoms with Crippen LogP contribution in [0.5, 0.6) is 0 Å². The lowest BCUT2D eigenvalue weighted by Gasteiger charge is -2.21. The Morgan fingerprint density at radius 1 is 1.36 bits per heavy atom. The first kappa shape index (κ1) is 11.6. The van der Waals surface area contributed by atoms with Gasteiger partial charge in [0.1, 0.15) is 5.76 Å². The minimum Gasteiger partial charge on any atom is -0.361 e. The molecule has 0 N–H and O–H groups in total. The summed E-state index contributed by atoms with van der Waals surface area (Å²) in [4.78, 5) is 0. The average Bonchev–Trinajstić information content (AvgIpc) is 2.44.